The van der Waals surface area contributed by atoms with Gasteiger partial charge >= 0.3 is 0 Å². The number of nitrogens with zero attached hydrogens (tertiary/aromatic N) is 1. The Morgan fingerprint density at radius 1 is 1.09 bits per heavy atom. The summed E-state index contributed by atoms with van der Waals surface area (Å²) in [4.78, 5) is 38.4. The molecule has 0 spiro atoms. The van der Waals surface area contributed by atoms with Crippen LogP contribution in [0.1, 0.15) is 27.6 Å². The maximum atomic E-state index is 12.6. The summed E-state index contributed by atoms with van der Waals surface area (Å²) in [6, 6.07) is 6.58. The fourth-order valence-electron chi connectivity index (χ4n) is 2.34. The molecule has 0 aromatic heterocycles. The highest BCUT2D eigenvalue weighted by Crippen LogP contribution is 2.28. The third-order valence-corrected chi connectivity index (χ3v) is 3.42. The Bertz CT molecular complexity index is 726. The van der Waals surface area contributed by atoms with Crippen molar-refractivity contribution in [2.45, 2.75) is 6.92 Å². The van der Waals surface area contributed by atoms with E-state index in [9.17, 15) is 14.4 Å². The van der Waals surface area contributed by atoms with E-state index in [0.29, 0.717) is 16.7 Å². The second-order valence-electron chi connectivity index (χ2n) is 5.18. The van der Waals surface area contributed by atoms with Gasteiger partial charge in [0.15, 0.2) is 11.5 Å². The number of methoxy groups -OCH3 is 1. The summed E-state index contributed by atoms with van der Waals surface area (Å²) in [5.41, 5.74) is 1.11. The number of carbonyl (C=O) groups is 3. The van der Waals surface area contributed by atoms with Crippen molar-refractivity contribution in [3.63, 3.8) is 0 Å². The minimum Gasteiger partial charge on any atom is -0.492 e. The van der Waals surface area contributed by atoms with Crippen LogP contribution < -0.4 is 0 Å². The molecule has 0 aliphatic heterocycles. The predicted octanol–water partition coefficient (Wildman–Crippen LogP) is 2.00. The van der Waals surface area contributed by atoms with Gasteiger partial charge in [-0.1, -0.05) is 24.3 Å². The quantitative estimate of drug-likeness (QED) is 0.801. The van der Waals surface area contributed by atoms with Crippen molar-refractivity contribution >= 4 is 17.5 Å². The smallest absolute Gasteiger partial charge is 0.248 e. The average molecular weight is 299 g/mol. The van der Waals surface area contributed by atoms with Crippen LogP contribution in [-0.4, -0.2) is 43.6 Å². The van der Waals surface area contributed by atoms with Crippen LogP contribution in [0.2, 0.25) is 0 Å². The van der Waals surface area contributed by atoms with Gasteiger partial charge in [-0.05, 0) is 13.0 Å². The van der Waals surface area contributed by atoms with Crippen LogP contribution in [0.3, 0.4) is 0 Å². The predicted molar refractivity (Wildman–Crippen MR) is 81.6 cm³/mol. The standard InChI is InChI=1S/C17H17NO4/c1-10(17(21)18(2)3)9-13-14(19)11-7-5-6-8-12(11)15(20)16(13)22-4/h5-9H,1-4H3/b10-9+. The van der Waals surface area contributed by atoms with E-state index in [0.717, 1.165) is 0 Å². The Hall–Kier alpha value is -2.69. The third kappa shape index (κ3) is 2.57. The number of allylic oxidation sites excluding steroid dienone is 3. The average Bonchev–Trinajstić information content (AvgIpc) is 2.51. The molecule has 0 unspecified atom stereocenters. The molecule has 1 amide bonds. The van der Waals surface area contributed by atoms with Gasteiger partial charge in [0.25, 0.3) is 0 Å². The molecule has 1 aromatic rings. The van der Waals surface area contributed by atoms with Gasteiger partial charge in [-0.3, -0.25) is 14.4 Å². The zero-order valence-electron chi connectivity index (χ0n) is 13.0. The van der Waals surface area contributed by atoms with Crippen LogP contribution >= 0.6 is 0 Å². The number of amides is 1. The lowest BCUT2D eigenvalue weighted by atomic mass is 9.87. The molecule has 1 aliphatic rings. The summed E-state index contributed by atoms with van der Waals surface area (Å²) in [6.45, 7) is 1.60. The SMILES string of the molecule is COC1=C(/C=C(\C)C(=O)N(C)C)C(=O)c2ccccc2C1=O. The number of ketones is 2. The summed E-state index contributed by atoms with van der Waals surface area (Å²) in [6.07, 6.45) is 1.41. The van der Waals surface area contributed by atoms with E-state index in [-0.39, 0.29) is 28.8 Å². The zero-order valence-corrected chi connectivity index (χ0v) is 13.0. The van der Waals surface area contributed by atoms with Crippen LogP contribution in [0.25, 0.3) is 0 Å². The van der Waals surface area contributed by atoms with Crippen molar-refractivity contribution in [3.05, 3.63) is 58.4 Å². The van der Waals surface area contributed by atoms with E-state index in [2.05, 4.69) is 0 Å². The van der Waals surface area contributed by atoms with Crippen molar-refractivity contribution in [2.24, 2.45) is 0 Å². The van der Waals surface area contributed by atoms with Crippen molar-refractivity contribution in [2.75, 3.05) is 21.2 Å². The highest BCUT2D eigenvalue weighted by Gasteiger charge is 2.32. The Morgan fingerprint density at radius 3 is 2.14 bits per heavy atom. The van der Waals surface area contributed by atoms with Gasteiger partial charge in [-0.15, -0.1) is 0 Å². The van der Waals surface area contributed by atoms with E-state index in [1.54, 1.807) is 45.3 Å². The molecule has 0 bridgehead atoms. The van der Waals surface area contributed by atoms with E-state index in [4.69, 9.17) is 4.74 Å². The minimum atomic E-state index is -0.353. The summed E-state index contributed by atoms with van der Waals surface area (Å²) in [5.74, 6) is -0.941. The highest BCUT2D eigenvalue weighted by atomic mass is 16.5. The monoisotopic (exact) mass is 299 g/mol. The lowest BCUT2D eigenvalue weighted by Gasteiger charge is -2.19. The summed E-state index contributed by atoms with van der Waals surface area (Å²) >= 11 is 0. The maximum absolute atomic E-state index is 12.6. The summed E-state index contributed by atoms with van der Waals surface area (Å²) < 4.78 is 5.12. The lowest BCUT2D eigenvalue weighted by molar-refractivity contribution is -0.124. The number of ether oxygens (including phenoxy) is 1. The molecule has 1 aromatic carbocycles. The fourth-order valence-corrected chi connectivity index (χ4v) is 2.34. The van der Waals surface area contributed by atoms with Gasteiger partial charge in [0.2, 0.25) is 11.7 Å². The molecule has 0 N–H and O–H groups in total. The summed E-state index contributed by atoms with van der Waals surface area (Å²) in [5, 5.41) is 0. The molecule has 1 aliphatic carbocycles. The molecule has 22 heavy (non-hydrogen) atoms. The number of fused-ring (bicyclic) bond motifs is 1. The molecule has 5 heteroatoms. The zero-order chi connectivity index (χ0) is 16.4. The number of hydrogen-bond donors (Lipinski definition) is 0. The first-order chi connectivity index (χ1) is 10.4. The highest BCUT2D eigenvalue weighted by molar-refractivity contribution is 6.27. The van der Waals surface area contributed by atoms with Crippen molar-refractivity contribution in [3.8, 4) is 0 Å². The topological polar surface area (TPSA) is 63.7 Å². The number of likely N-dealkylation sites (N-methyl/N-ethyl adjacent to an activating group) is 1. The maximum Gasteiger partial charge on any atom is 0.248 e. The van der Waals surface area contributed by atoms with Crippen molar-refractivity contribution in [1.82, 2.24) is 4.90 Å². The van der Waals surface area contributed by atoms with Gasteiger partial charge in [0.05, 0.1) is 12.7 Å². The first kappa shape index (κ1) is 15.7. The molecule has 0 heterocycles. The Labute approximate surface area is 128 Å². The minimum absolute atomic E-state index is 0.0328. The molecule has 5 nitrogen and oxygen atoms in total. The molecule has 0 saturated heterocycles. The first-order valence-corrected chi connectivity index (χ1v) is 6.75. The molecular weight excluding hydrogens is 282 g/mol. The van der Waals surface area contributed by atoms with Crippen molar-refractivity contribution in [1.29, 1.82) is 0 Å². The Balaban J connectivity index is 2.58. The molecule has 0 fully saturated rings. The molecule has 0 saturated carbocycles. The van der Waals surface area contributed by atoms with Gasteiger partial charge in [-0.2, -0.15) is 0 Å². The van der Waals surface area contributed by atoms with E-state index in [1.807, 2.05) is 0 Å². The fraction of sp³-hybridized carbons (Fsp3) is 0.235. The van der Waals surface area contributed by atoms with Crippen LogP contribution in [0, 0.1) is 0 Å². The van der Waals surface area contributed by atoms with Gasteiger partial charge in [-0.25, -0.2) is 0 Å². The van der Waals surface area contributed by atoms with Gasteiger partial charge in [0.1, 0.15) is 0 Å². The van der Waals surface area contributed by atoms with E-state index < -0.39 is 0 Å². The van der Waals surface area contributed by atoms with Crippen LogP contribution in [0.15, 0.2) is 47.2 Å². The molecule has 114 valence electrons. The van der Waals surface area contributed by atoms with Gasteiger partial charge < -0.3 is 9.64 Å². The molecular formula is C17H17NO4. The molecule has 0 atom stereocenters. The second kappa shape index (κ2) is 5.97. The van der Waals surface area contributed by atoms with Gasteiger partial charge in [0, 0.05) is 30.8 Å². The molecule has 0 radical (unpaired) electrons. The van der Waals surface area contributed by atoms with E-state index >= 15 is 0 Å². The number of rotatable bonds is 3. The third-order valence-electron chi connectivity index (χ3n) is 3.42. The van der Waals surface area contributed by atoms with Crippen LogP contribution in [0.5, 0.6) is 0 Å². The summed E-state index contributed by atoms with van der Waals surface area (Å²) in [7, 11) is 4.58. The first-order valence-electron chi connectivity index (χ1n) is 6.75. The Morgan fingerprint density at radius 2 is 1.64 bits per heavy atom. The second-order valence-corrected chi connectivity index (χ2v) is 5.18. The van der Waals surface area contributed by atoms with Crippen LogP contribution in [-0.2, 0) is 9.53 Å². The van der Waals surface area contributed by atoms with Crippen molar-refractivity contribution < 1.29 is 19.1 Å². The molecule has 2 rings (SSSR count). The largest absolute Gasteiger partial charge is 0.492 e. The van der Waals surface area contributed by atoms with Crippen LogP contribution in [0.4, 0.5) is 0 Å². The normalized spacial score (nSPS) is 14.8. The lowest BCUT2D eigenvalue weighted by Crippen LogP contribution is -2.25. The van der Waals surface area contributed by atoms with E-state index in [1.165, 1.54) is 18.1 Å². The number of benzene rings is 1. The number of hydrogen-bond acceptors (Lipinski definition) is 4. The Kier molecular flexibility index (Phi) is 4.26. The number of Topliss-reactive ketones (excluding diaryl/α,β-unsaturated/α-hetero) is 2. The number of carbonyl (C=O) groups excluding carboxylic acids is 3.